The van der Waals surface area contributed by atoms with Gasteiger partial charge in [-0.2, -0.15) is 0 Å². The fraction of sp³-hybridized carbons (Fsp3) is 0.375. The van der Waals surface area contributed by atoms with E-state index < -0.39 is 75.0 Å². The Hall–Kier alpha value is -2.02. The number of halogens is 5. The molecule has 0 radical (unpaired) electrons. The molecule has 0 bridgehead atoms. The maximum Gasteiger partial charge on any atom is 0.255 e. The average molecular weight is 647 g/mol. The molecular formula is C24H25Cl5N2O8. The topological polar surface area (TPSA) is 182 Å². The van der Waals surface area contributed by atoms with Gasteiger partial charge in [-0.3, -0.25) is 19.3 Å². The quantitative estimate of drug-likeness (QED) is 0.263. The van der Waals surface area contributed by atoms with Gasteiger partial charge < -0.3 is 31.3 Å². The highest BCUT2D eigenvalue weighted by molar-refractivity contribution is 6.67. The van der Waals surface area contributed by atoms with Crippen LogP contribution in [0, 0.1) is 11.8 Å². The van der Waals surface area contributed by atoms with E-state index in [-0.39, 0.29) is 38.9 Å². The summed E-state index contributed by atoms with van der Waals surface area (Å²) in [6.45, 7) is 1.40. The normalized spacial score (nSPS) is 29.4. The Balaban J connectivity index is 0.000000687. The van der Waals surface area contributed by atoms with E-state index in [0.717, 1.165) is 0 Å². The van der Waals surface area contributed by atoms with Gasteiger partial charge in [-0.25, -0.2) is 0 Å². The highest BCUT2D eigenvalue weighted by atomic mass is 35.5. The molecule has 10 nitrogen and oxygen atoms in total. The van der Waals surface area contributed by atoms with E-state index in [1.807, 2.05) is 0 Å². The molecule has 15 heteroatoms. The molecule has 1 fully saturated rings. The zero-order valence-electron chi connectivity index (χ0n) is 20.6. The van der Waals surface area contributed by atoms with Gasteiger partial charge in [0.15, 0.2) is 11.4 Å². The molecule has 0 saturated heterocycles. The fourth-order valence-corrected chi connectivity index (χ4v) is 5.50. The van der Waals surface area contributed by atoms with Gasteiger partial charge in [-0.15, -0.1) is 12.4 Å². The van der Waals surface area contributed by atoms with Gasteiger partial charge in [0.05, 0.1) is 17.2 Å². The first-order chi connectivity index (χ1) is 17.4. The van der Waals surface area contributed by atoms with E-state index in [2.05, 4.69) is 0 Å². The predicted octanol–water partition coefficient (Wildman–Crippen LogP) is 3.12. The van der Waals surface area contributed by atoms with Gasteiger partial charge in [-0.1, -0.05) is 58.5 Å². The number of aromatic hydroxyl groups is 1. The second-order valence-electron chi connectivity index (χ2n) is 9.48. The van der Waals surface area contributed by atoms with Crippen LogP contribution in [-0.4, -0.2) is 73.6 Å². The minimum atomic E-state index is -2.75. The van der Waals surface area contributed by atoms with Crippen molar-refractivity contribution in [2.45, 2.75) is 30.6 Å². The molecule has 5 atom stereocenters. The van der Waals surface area contributed by atoms with E-state index in [1.165, 1.54) is 44.1 Å². The summed E-state index contributed by atoms with van der Waals surface area (Å²) in [6, 6.07) is 3.02. The maximum absolute atomic E-state index is 13.7. The number of Topliss-reactive ketones (excluding diaryl/α,β-unsaturated/α-hetero) is 2. The standard InChI is InChI=1S/C22H24N2O8.C2Cl4.ClH/c1-21(31)8-5-4-6-11(25)12(8)16(26)13-9(21)7-10-15(24(2)3)17(27)14(20(23)30)19(29)22(10,32)18(13)28;3-1(4)2(5)6;/h4-6,9-10,15,25-26,29,31-32H,7H2,1-3H3,(H2,23,30);;1H/t9-,10-,15-,21+,22-;;/m0../s1. The van der Waals surface area contributed by atoms with Crippen LogP contribution in [0.3, 0.4) is 0 Å². The number of nitrogens with two attached hydrogens (primary N) is 1. The smallest absolute Gasteiger partial charge is 0.255 e. The number of carbonyl (C=O) groups is 3. The van der Waals surface area contributed by atoms with Gasteiger partial charge >= 0.3 is 0 Å². The molecule has 4 rings (SSSR count). The summed E-state index contributed by atoms with van der Waals surface area (Å²) in [6.07, 6.45) is -0.200. The molecule has 3 aliphatic carbocycles. The van der Waals surface area contributed by atoms with Crippen molar-refractivity contribution in [3.8, 4) is 5.75 Å². The summed E-state index contributed by atoms with van der Waals surface area (Å²) in [5, 5.41) is 54.9. The number of likely N-dealkylation sites (N-methyl/N-ethyl adjacent to an activating group) is 1. The van der Waals surface area contributed by atoms with Crippen LogP contribution in [0.15, 0.2) is 44.1 Å². The molecule has 0 aromatic heterocycles. The number of aliphatic hydroxyl groups is 4. The lowest BCUT2D eigenvalue weighted by atomic mass is 9.54. The second kappa shape index (κ2) is 11.5. The van der Waals surface area contributed by atoms with Crippen LogP contribution in [0.1, 0.15) is 24.5 Å². The lowest BCUT2D eigenvalue weighted by Crippen LogP contribution is -2.67. The number of nitrogens with zero attached hydrogens (tertiary/aromatic N) is 1. The third-order valence-corrected chi connectivity index (χ3v) is 8.31. The minimum absolute atomic E-state index is 0. The largest absolute Gasteiger partial charge is 0.508 e. The molecule has 1 amide bonds. The van der Waals surface area contributed by atoms with Crippen LogP contribution in [-0.2, 0) is 20.0 Å². The molecule has 7 N–H and O–H groups in total. The van der Waals surface area contributed by atoms with Crippen LogP contribution in [0.2, 0.25) is 0 Å². The summed E-state index contributed by atoms with van der Waals surface area (Å²) in [4.78, 5) is 40.0. The van der Waals surface area contributed by atoms with Gasteiger partial charge in [0.25, 0.3) is 5.91 Å². The molecule has 1 aromatic rings. The number of benzene rings is 1. The van der Waals surface area contributed by atoms with E-state index in [1.54, 1.807) is 0 Å². The van der Waals surface area contributed by atoms with E-state index in [0.29, 0.717) is 0 Å². The Morgan fingerprint density at radius 2 is 1.59 bits per heavy atom. The second-order valence-corrected chi connectivity index (χ2v) is 11.4. The number of primary amides is 1. The highest BCUT2D eigenvalue weighted by Gasteiger charge is 2.66. The monoisotopic (exact) mass is 644 g/mol. The first-order valence-electron chi connectivity index (χ1n) is 11.0. The van der Waals surface area contributed by atoms with Crippen molar-refractivity contribution in [2.24, 2.45) is 17.6 Å². The fourth-order valence-electron chi connectivity index (χ4n) is 5.50. The van der Waals surface area contributed by atoms with Crippen LogP contribution in [0.4, 0.5) is 0 Å². The molecule has 3 aliphatic rings. The predicted molar refractivity (Wildman–Crippen MR) is 148 cm³/mol. The van der Waals surface area contributed by atoms with Gasteiger partial charge in [0, 0.05) is 17.4 Å². The SMILES string of the molecule is CN(C)[C@@H]1C(=O)C(C(N)=O)=C(O)[C@@]2(O)C(=O)C3=C(O)c4c(O)cccc4[C@@](C)(O)[C@H]3C[C@@H]12.Cl.ClC(Cl)=C(Cl)Cl. The molecule has 0 spiro atoms. The zero-order valence-corrected chi connectivity index (χ0v) is 24.4. The summed E-state index contributed by atoms with van der Waals surface area (Å²) >= 11 is 20.0. The van der Waals surface area contributed by atoms with Gasteiger partial charge in [-0.05, 0) is 39.1 Å². The summed E-state index contributed by atoms with van der Waals surface area (Å²) in [7, 11) is 3.01. The Labute approximate surface area is 249 Å². The molecule has 0 aliphatic heterocycles. The van der Waals surface area contributed by atoms with Gasteiger partial charge in [0.1, 0.15) is 31.8 Å². The number of fused-ring (bicyclic) bond motifs is 3. The number of amides is 1. The van der Waals surface area contributed by atoms with Crippen LogP contribution in [0.25, 0.3) is 5.76 Å². The lowest BCUT2D eigenvalue weighted by molar-refractivity contribution is -0.159. The molecule has 214 valence electrons. The lowest BCUT2D eigenvalue weighted by Gasteiger charge is -2.53. The van der Waals surface area contributed by atoms with Crippen molar-refractivity contribution in [2.75, 3.05) is 14.1 Å². The summed E-state index contributed by atoms with van der Waals surface area (Å²) in [5.41, 5.74) is -0.548. The highest BCUT2D eigenvalue weighted by Crippen LogP contribution is 2.57. The number of phenols is 1. The van der Waals surface area contributed by atoms with Crippen LogP contribution < -0.4 is 5.73 Å². The van der Waals surface area contributed by atoms with E-state index in [9.17, 15) is 39.9 Å². The van der Waals surface area contributed by atoms with Crippen molar-refractivity contribution >= 4 is 82.0 Å². The molecule has 39 heavy (non-hydrogen) atoms. The van der Waals surface area contributed by atoms with Crippen LogP contribution in [0.5, 0.6) is 5.75 Å². The Morgan fingerprint density at radius 1 is 1.05 bits per heavy atom. The van der Waals surface area contributed by atoms with E-state index in [4.69, 9.17) is 52.1 Å². The van der Waals surface area contributed by atoms with Gasteiger partial charge in [0.2, 0.25) is 5.78 Å². The summed E-state index contributed by atoms with van der Waals surface area (Å²) < 4.78 is -0.198. The zero-order chi connectivity index (χ0) is 29.1. The number of hydrogen-bond acceptors (Lipinski definition) is 9. The Kier molecular flexibility index (Phi) is 9.75. The molecule has 1 saturated carbocycles. The third kappa shape index (κ3) is 5.13. The third-order valence-electron chi connectivity index (χ3n) is 7.16. The number of aliphatic hydroxyl groups excluding tert-OH is 2. The summed E-state index contributed by atoms with van der Waals surface area (Å²) in [5.74, 6) is -7.90. The molecule has 1 aromatic carbocycles. The van der Waals surface area contributed by atoms with Crippen molar-refractivity contribution in [1.29, 1.82) is 0 Å². The van der Waals surface area contributed by atoms with Crippen molar-refractivity contribution < 1.29 is 39.9 Å². The number of hydrogen-bond donors (Lipinski definition) is 6. The number of rotatable bonds is 2. The first-order valence-corrected chi connectivity index (χ1v) is 12.5. The first kappa shape index (κ1) is 33.2. The maximum atomic E-state index is 13.7. The molecule has 0 unspecified atom stereocenters. The number of ketones is 2. The molecular weight excluding hydrogens is 622 g/mol. The van der Waals surface area contributed by atoms with Crippen molar-refractivity contribution in [1.82, 2.24) is 4.90 Å². The minimum Gasteiger partial charge on any atom is -0.508 e. The van der Waals surface area contributed by atoms with E-state index >= 15 is 0 Å². The van der Waals surface area contributed by atoms with Crippen LogP contribution >= 0.6 is 58.8 Å². The Bertz CT molecular complexity index is 1320. The van der Waals surface area contributed by atoms with Crippen molar-refractivity contribution in [3.05, 3.63) is 55.2 Å². The average Bonchev–Trinajstić information content (AvgIpc) is 2.79. The number of phenolic OH excluding ortho intramolecular Hbond substituents is 1. The number of carbonyl (C=O) groups excluding carboxylic acids is 3. The molecule has 0 heterocycles. The van der Waals surface area contributed by atoms with Crippen molar-refractivity contribution in [3.63, 3.8) is 0 Å². The Morgan fingerprint density at radius 3 is 2.05 bits per heavy atom.